The van der Waals surface area contributed by atoms with Crippen LogP contribution < -0.4 is 5.32 Å². The van der Waals surface area contributed by atoms with Crippen molar-refractivity contribution in [3.8, 4) is 0 Å². The molecule has 0 aliphatic heterocycles. The highest BCUT2D eigenvalue weighted by Crippen LogP contribution is 2.38. The van der Waals surface area contributed by atoms with E-state index in [-0.39, 0.29) is 11.3 Å². The van der Waals surface area contributed by atoms with Crippen LogP contribution in [-0.4, -0.2) is 23.4 Å². The zero-order chi connectivity index (χ0) is 21.0. The van der Waals surface area contributed by atoms with Gasteiger partial charge >= 0.3 is 5.97 Å². The van der Waals surface area contributed by atoms with Gasteiger partial charge < -0.3 is 10.1 Å². The van der Waals surface area contributed by atoms with E-state index >= 15 is 0 Å². The zero-order valence-electron chi connectivity index (χ0n) is 16.6. The van der Waals surface area contributed by atoms with Gasteiger partial charge in [0.1, 0.15) is 5.00 Å². The third-order valence-electron chi connectivity index (χ3n) is 5.04. The van der Waals surface area contributed by atoms with Crippen LogP contribution in [0, 0.1) is 17.0 Å². The van der Waals surface area contributed by atoms with Crippen molar-refractivity contribution in [3.05, 3.63) is 55.4 Å². The number of ether oxygens (including phenoxy) is 1. The molecule has 0 atom stereocenters. The van der Waals surface area contributed by atoms with Gasteiger partial charge in [-0.3, -0.25) is 14.9 Å². The molecule has 1 N–H and O–H groups in total. The number of nitro groups is 1. The predicted octanol–water partition coefficient (Wildman–Crippen LogP) is 5.05. The van der Waals surface area contributed by atoms with Gasteiger partial charge in [-0.15, -0.1) is 11.3 Å². The molecule has 8 heteroatoms. The normalized spacial score (nSPS) is 13.3. The summed E-state index contributed by atoms with van der Waals surface area (Å²) in [6.45, 7) is 3.79. The van der Waals surface area contributed by atoms with Gasteiger partial charge in [-0.1, -0.05) is 19.4 Å². The highest BCUT2D eigenvalue weighted by Gasteiger charge is 2.27. The van der Waals surface area contributed by atoms with Crippen molar-refractivity contribution in [2.45, 2.75) is 52.4 Å². The average Bonchev–Trinajstić information content (AvgIpc) is 2.86. The molecular formula is C21H24N2O5S. The number of fused-ring (bicyclic) bond motifs is 1. The van der Waals surface area contributed by atoms with Crippen LogP contribution in [-0.2, 0) is 17.6 Å². The fraction of sp³-hybridized carbons (Fsp3) is 0.429. The van der Waals surface area contributed by atoms with Gasteiger partial charge in [-0.05, 0) is 50.7 Å². The van der Waals surface area contributed by atoms with Gasteiger partial charge in [-0.2, -0.15) is 0 Å². The number of carbonyl (C=O) groups excluding carboxylic acids is 2. The van der Waals surface area contributed by atoms with Crippen LogP contribution in [0.1, 0.15) is 69.3 Å². The Kier molecular flexibility index (Phi) is 6.64. The second-order valence-corrected chi connectivity index (χ2v) is 8.17. The Labute approximate surface area is 173 Å². The molecule has 1 aromatic carbocycles. The first-order valence-electron chi connectivity index (χ1n) is 9.81. The second kappa shape index (κ2) is 9.17. The zero-order valence-corrected chi connectivity index (χ0v) is 17.4. The van der Waals surface area contributed by atoms with Gasteiger partial charge in [0.25, 0.3) is 11.6 Å². The lowest BCUT2D eigenvalue weighted by Gasteiger charge is -2.10. The van der Waals surface area contributed by atoms with Crippen LogP contribution in [0.25, 0.3) is 0 Å². The molecule has 1 aromatic heterocycles. The van der Waals surface area contributed by atoms with Crippen molar-refractivity contribution < 1.29 is 19.2 Å². The summed E-state index contributed by atoms with van der Waals surface area (Å²) in [4.78, 5) is 37.4. The van der Waals surface area contributed by atoms with Crippen molar-refractivity contribution in [3.63, 3.8) is 0 Å². The number of nitrogens with one attached hydrogen (secondary N) is 1. The Hall–Kier alpha value is -2.74. The first-order valence-corrected chi connectivity index (χ1v) is 10.6. The van der Waals surface area contributed by atoms with Crippen molar-refractivity contribution in [2.24, 2.45) is 0 Å². The summed E-state index contributed by atoms with van der Waals surface area (Å²) in [6, 6.07) is 4.40. The van der Waals surface area contributed by atoms with Crippen LogP contribution in [0.5, 0.6) is 0 Å². The van der Waals surface area contributed by atoms with E-state index in [2.05, 4.69) is 5.32 Å². The van der Waals surface area contributed by atoms with Crippen molar-refractivity contribution in [1.82, 2.24) is 0 Å². The molecule has 0 radical (unpaired) electrons. The van der Waals surface area contributed by atoms with E-state index in [1.165, 1.54) is 23.5 Å². The summed E-state index contributed by atoms with van der Waals surface area (Å²) in [5.74, 6) is -0.885. The van der Waals surface area contributed by atoms with Gasteiger partial charge in [-0.25, -0.2) is 4.79 Å². The monoisotopic (exact) mass is 416 g/mol. The van der Waals surface area contributed by atoms with E-state index < -0.39 is 16.8 Å². The van der Waals surface area contributed by atoms with Crippen molar-refractivity contribution in [1.29, 1.82) is 0 Å². The summed E-state index contributed by atoms with van der Waals surface area (Å²) in [5, 5.41) is 14.5. The maximum atomic E-state index is 12.9. The summed E-state index contributed by atoms with van der Waals surface area (Å²) >= 11 is 1.41. The number of thiophene rings is 1. The van der Waals surface area contributed by atoms with Crippen molar-refractivity contribution in [2.75, 3.05) is 11.9 Å². The molecule has 1 aliphatic rings. The highest BCUT2D eigenvalue weighted by molar-refractivity contribution is 7.17. The molecule has 154 valence electrons. The van der Waals surface area contributed by atoms with E-state index in [0.29, 0.717) is 29.2 Å². The number of rotatable bonds is 6. The molecule has 0 saturated carbocycles. The van der Waals surface area contributed by atoms with Gasteiger partial charge in [0.05, 0.1) is 17.1 Å². The molecule has 1 heterocycles. The van der Waals surface area contributed by atoms with E-state index in [1.807, 2.05) is 6.92 Å². The van der Waals surface area contributed by atoms with Gasteiger partial charge in [0.2, 0.25) is 0 Å². The smallest absolute Gasteiger partial charge is 0.341 e. The minimum atomic E-state index is -0.507. The van der Waals surface area contributed by atoms with E-state index in [1.54, 1.807) is 13.0 Å². The molecule has 0 bridgehead atoms. The standard InChI is InChI=1S/C21H24N2O5S/c1-3-12-28-21(25)18-15-8-5-4-6-11-17(15)29-20(18)22-19(24)14-9-7-10-16(13(14)2)23(26)27/h7,9-10H,3-6,8,11-12H2,1-2H3,(H,22,24). The number of amides is 1. The Bertz CT molecular complexity index is 951. The molecule has 1 aliphatic carbocycles. The number of hydrogen-bond donors (Lipinski definition) is 1. The molecule has 0 unspecified atom stereocenters. The van der Waals surface area contributed by atoms with E-state index in [4.69, 9.17) is 4.74 Å². The molecule has 3 rings (SSSR count). The van der Waals surface area contributed by atoms with Crippen LogP contribution in [0.4, 0.5) is 10.7 Å². The summed E-state index contributed by atoms with van der Waals surface area (Å²) in [6.07, 6.45) is 5.53. The Morgan fingerprint density at radius 2 is 2.00 bits per heavy atom. The number of carbonyl (C=O) groups is 2. The average molecular weight is 416 g/mol. The summed E-state index contributed by atoms with van der Waals surface area (Å²) in [7, 11) is 0. The third kappa shape index (κ3) is 4.48. The minimum absolute atomic E-state index is 0.109. The molecule has 29 heavy (non-hydrogen) atoms. The Morgan fingerprint density at radius 1 is 1.24 bits per heavy atom. The molecule has 2 aromatic rings. The number of esters is 1. The molecule has 0 spiro atoms. The molecule has 1 amide bonds. The SMILES string of the molecule is CCCOC(=O)c1c(NC(=O)c2cccc([N+](=O)[O-])c2C)sc2c1CCCCC2. The lowest BCUT2D eigenvalue weighted by atomic mass is 10.0. The first kappa shape index (κ1) is 21.0. The summed E-state index contributed by atoms with van der Waals surface area (Å²) < 4.78 is 5.37. The Morgan fingerprint density at radius 3 is 2.72 bits per heavy atom. The number of nitro benzene ring substituents is 1. The third-order valence-corrected chi connectivity index (χ3v) is 6.24. The lowest BCUT2D eigenvalue weighted by molar-refractivity contribution is -0.385. The number of hydrogen-bond acceptors (Lipinski definition) is 6. The van der Waals surface area contributed by atoms with E-state index in [9.17, 15) is 19.7 Å². The predicted molar refractivity (Wildman–Crippen MR) is 112 cm³/mol. The van der Waals surface area contributed by atoms with Gasteiger partial charge in [0.15, 0.2) is 0 Å². The molecule has 0 fully saturated rings. The highest BCUT2D eigenvalue weighted by atomic mass is 32.1. The number of nitrogens with zero attached hydrogens (tertiary/aromatic N) is 1. The minimum Gasteiger partial charge on any atom is -0.462 e. The van der Waals surface area contributed by atoms with Gasteiger partial charge in [0, 0.05) is 22.1 Å². The molecular weight excluding hydrogens is 392 g/mol. The first-order chi connectivity index (χ1) is 13.9. The van der Waals surface area contributed by atoms with Crippen molar-refractivity contribution >= 4 is 33.9 Å². The fourth-order valence-electron chi connectivity index (χ4n) is 3.55. The largest absolute Gasteiger partial charge is 0.462 e. The summed E-state index contributed by atoms with van der Waals surface area (Å²) in [5.41, 5.74) is 1.82. The second-order valence-electron chi connectivity index (χ2n) is 7.07. The number of anilines is 1. The quantitative estimate of drug-likeness (QED) is 0.307. The maximum Gasteiger partial charge on any atom is 0.341 e. The van der Waals surface area contributed by atoms with E-state index in [0.717, 1.165) is 42.5 Å². The lowest BCUT2D eigenvalue weighted by Crippen LogP contribution is -2.17. The van der Waals surface area contributed by atoms with Crippen LogP contribution >= 0.6 is 11.3 Å². The Balaban J connectivity index is 1.96. The number of aryl methyl sites for hydroxylation is 1. The van der Waals surface area contributed by atoms with Crippen LogP contribution in [0.3, 0.4) is 0 Å². The fourth-order valence-corrected chi connectivity index (χ4v) is 4.82. The maximum absolute atomic E-state index is 12.9. The van der Waals surface area contributed by atoms with Crippen LogP contribution in [0.2, 0.25) is 0 Å². The molecule has 0 saturated heterocycles. The number of benzene rings is 1. The van der Waals surface area contributed by atoms with Crippen LogP contribution in [0.15, 0.2) is 18.2 Å². The molecule has 7 nitrogen and oxygen atoms in total. The topological polar surface area (TPSA) is 98.5 Å².